The summed E-state index contributed by atoms with van der Waals surface area (Å²) in [4.78, 5) is 13.0. The number of carbonyl (C=O) groups is 1. The Morgan fingerprint density at radius 3 is 2.24 bits per heavy atom. The van der Waals surface area contributed by atoms with E-state index in [4.69, 9.17) is 4.74 Å². The van der Waals surface area contributed by atoms with Crippen LogP contribution in [0.3, 0.4) is 0 Å². The van der Waals surface area contributed by atoms with Crippen LogP contribution in [0.25, 0.3) is 0 Å². The highest BCUT2D eigenvalue weighted by Gasteiger charge is 2.29. The van der Waals surface area contributed by atoms with E-state index < -0.39 is 0 Å². The second-order valence-electron chi connectivity index (χ2n) is 11.1. The Hall–Kier alpha value is -2.60. The van der Waals surface area contributed by atoms with E-state index in [1.54, 1.807) is 0 Å². The molecule has 0 N–H and O–H groups in total. The average Bonchev–Trinajstić information content (AvgIpc) is 2.94. The first-order valence-electron chi connectivity index (χ1n) is 14.9. The first-order chi connectivity index (χ1) is 18.0. The maximum Gasteiger partial charge on any atom is 0.314 e. The lowest BCUT2D eigenvalue weighted by atomic mass is 9.78. The predicted octanol–water partition coefficient (Wildman–Crippen LogP) is 9.63. The highest BCUT2D eigenvalue weighted by molar-refractivity contribution is 5.76. The number of carbonyl (C=O) groups excluding carboxylic acids is 1. The van der Waals surface area contributed by atoms with Crippen LogP contribution in [-0.4, -0.2) is 5.97 Å². The van der Waals surface area contributed by atoms with Gasteiger partial charge in [0.1, 0.15) is 11.8 Å². The van der Waals surface area contributed by atoms with Gasteiger partial charge in [0.25, 0.3) is 0 Å². The standard InChI is InChI=1S/C34H47NO2/c1-4-6-8-10-12-26(3)31-22-23-33(32(24-31)25-35)37-34(36)30-20-18-29(19-21-30)28-16-14-27(15-17-28)13-11-9-7-5-2/h14-17,22-24,26,29-30H,4-13,18-21H2,1-3H3. The molecule has 37 heavy (non-hydrogen) atoms. The average molecular weight is 502 g/mol. The van der Waals surface area contributed by atoms with E-state index in [1.165, 1.54) is 68.9 Å². The van der Waals surface area contributed by atoms with Crippen molar-refractivity contribution in [1.82, 2.24) is 0 Å². The summed E-state index contributed by atoms with van der Waals surface area (Å²) in [7, 11) is 0. The molecule has 0 bridgehead atoms. The molecule has 2 aromatic carbocycles. The van der Waals surface area contributed by atoms with Crippen LogP contribution in [0, 0.1) is 17.2 Å². The molecule has 1 atom stereocenters. The molecule has 0 amide bonds. The van der Waals surface area contributed by atoms with Crippen molar-refractivity contribution in [3.63, 3.8) is 0 Å². The van der Waals surface area contributed by atoms with Crippen LogP contribution in [0.1, 0.15) is 138 Å². The molecule has 1 fully saturated rings. The number of unbranched alkanes of at least 4 members (excludes halogenated alkanes) is 6. The van der Waals surface area contributed by atoms with Crippen LogP contribution >= 0.6 is 0 Å². The Kier molecular flexibility index (Phi) is 12.2. The van der Waals surface area contributed by atoms with Crippen molar-refractivity contribution in [2.24, 2.45) is 5.92 Å². The first-order valence-corrected chi connectivity index (χ1v) is 14.9. The van der Waals surface area contributed by atoms with Crippen molar-refractivity contribution in [2.75, 3.05) is 0 Å². The van der Waals surface area contributed by atoms with E-state index in [0.717, 1.165) is 37.7 Å². The lowest BCUT2D eigenvalue weighted by Crippen LogP contribution is -2.25. The van der Waals surface area contributed by atoms with Crippen molar-refractivity contribution in [2.45, 2.75) is 122 Å². The zero-order valence-electron chi connectivity index (χ0n) is 23.4. The fraction of sp³-hybridized carbons (Fsp3) is 0.588. The number of rotatable bonds is 14. The van der Waals surface area contributed by atoms with Crippen molar-refractivity contribution in [3.8, 4) is 11.8 Å². The maximum atomic E-state index is 13.0. The quantitative estimate of drug-likeness (QED) is 0.147. The minimum absolute atomic E-state index is 0.0854. The van der Waals surface area contributed by atoms with E-state index in [2.05, 4.69) is 51.1 Å². The summed E-state index contributed by atoms with van der Waals surface area (Å²) in [6, 6.07) is 17.2. The second kappa shape index (κ2) is 15.6. The topological polar surface area (TPSA) is 50.1 Å². The summed E-state index contributed by atoms with van der Waals surface area (Å²) >= 11 is 0. The predicted molar refractivity (Wildman–Crippen MR) is 153 cm³/mol. The Morgan fingerprint density at radius 2 is 1.59 bits per heavy atom. The molecule has 0 radical (unpaired) electrons. The van der Waals surface area contributed by atoms with Gasteiger partial charge in [0.05, 0.1) is 11.5 Å². The molecule has 2 aromatic rings. The van der Waals surface area contributed by atoms with Gasteiger partial charge in [0.15, 0.2) is 0 Å². The summed E-state index contributed by atoms with van der Waals surface area (Å²) in [5.41, 5.74) is 4.45. The molecule has 1 aliphatic carbocycles. The summed E-state index contributed by atoms with van der Waals surface area (Å²) in [6.45, 7) is 6.69. The molecule has 3 heteroatoms. The van der Waals surface area contributed by atoms with Crippen LogP contribution in [0.4, 0.5) is 0 Å². The minimum atomic E-state index is -0.183. The molecule has 0 aromatic heterocycles. The summed E-state index contributed by atoms with van der Waals surface area (Å²) in [5.74, 6) is 1.06. The van der Waals surface area contributed by atoms with E-state index in [9.17, 15) is 10.1 Å². The molecule has 0 saturated heterocycles. The van der Waals surface area contributed by atoms with Crippen LogP contribution in [0.5, 0.6) is 5.75 Å². The number of nitriles is 1. The molecular formula is C34H47NO2. The van der Waals surface area contributed by atoms with Gasteiger partial charge in [0, 0.05) is 0 Å². The third-order valence-electron chi connectivity index (χ3n) is 8.22. The third kappa shape index (κ3) is 9.03. The van der Waals surface area contributed by atoms with Gasteiger partial charge >= 0.3 is 5.97 Å². The number of ether oxygens (including phenoxy) is 1. The van der Waals surface area contributed by atoms with E-state index in [1.807, 2.05) is 18.2 Å². The highest BCUT2D eigenvalue weighted by Crippen LogP contribution is 2.37. The molecule has 1 unspecified atom stereocenters. The van der Waals surface area contributed by atoms with Gasteiger partial charge in [-0.2, -0.15) is 5.26 Å². The number of hydrogen-bond acceptors (Lipinski definition) is 3. The van der Waals surface area contributed by atoms with Gasteiger partial charge < -0.3 is 4.74 Å². The second-order valence-corrected chi connectivity index (χ2v) is 11.1. The van der Waals surface area contributed by atoms with Gasteiger partial charge in [-0.1, -0.05) is 96.0 Å². The molecular weight excluding hydrogens is 454 g/mol. The van der Waals surface area contributed by atoms with Crippen LogP contribution in [-0.2, 0) is 11.2 Å². The summed E-state index contributed by atoms with van der Waals surface area (Å²) in [5, 5.41) is 9.70. The lowest BCUT2D eigenvalue weighted by molar-refractivity contribution is -0.140. The van der Waals surface area contributed by atoms with Crippen molar-refractivity contribution in [1.29, 1.82) is 5.26 Å². The Labute approximate surface area is 225 Å². The van der Waals surface area contributed by atoms with Crippen molar-refractivity contribution >= 4 is 5.97 Å². The number of aryl methyl sites for hydroxylation is 1. The summed E-state index contributed by atoms with van der Waals surface area (Å²) in [6.07, 6.45) is 16.2. The fourth-order valence-electron chi connectivity index (χ4n) is 5.64. The van der Waals surface area contributed by atoms with E-state index in [0.29, 0.717) is 23.1 Å². The number of esters is 1. The Bertz CT molecular complexity index is 995. The molecule has 0 aliphatic heterocycles. The smallest absolute Gasteiger partial charge is 0.314 e. The van der Waals surface area contributed by atoms with Crippen LogP contribution in [0.15, 0.2) is 42.5 Å². The molecule has 200 valence electrons. The number of benzene rings is 2. The van der Waals surface area contributed by atoms with Crippen LogP contribution in [0.2, 0.25) is 0 Å². The summed E-state index contributed by atoms with van der Waals surface area (Å²) < 4.78 is 5.77. The number of hydrogen-bond donors (Lipinski definition) is 0. The number of nitrogens with zero attached hydrogens (tertiary/aromatic N) is 1. The SMILES string of the molecule is CCCCCCc1ccc(C2CCC(C(=O)Oc3ccc(C(C)CCCCCC)cc3C#N)CC2)cc1. The van der Waals surface area contributed by atoms with Gasteiger partial charge in [-0.15, -0.1) is 0 Å². The molecule has 3 rings (SSSR count). The van der Waals surface area contributed by atoms with Gasteiger partial charge in [-0.25, -0.2) is 0 Å². The van der Waals surface area contributed by atoms with E-state index in [-0.39, 0.29) is 11.9 Å². The molecule has 3 nitrogen and oxygen atoms in total. The van der Waals surface area contributed by atoms with Gasteiger partial charge in [0.2, 0.25) is 0 Å². The van der Waals surface area contributed by atoms with Crippen molar-refractivity contribution < 1.29 is 9.53 Å². The van der Waals surface area contributed by atoms with Gasteiger partial charge in [-0.05, 0) is 85.6 Å². The minimum Gasteiger partial charge on any atom is -0.425 e. The maximum absolute atomic E-state index is 13.0. The zero-order chi connectivity index (χ0) is 26.5. The molecule has 0 spiro atoms. The lowest BCUT2D eigenvalue weighted by Gasteiger charge is -2.27. The third-order valence-corrected chi connectivity index (χ3v) is 8.22. The first kappa shape index (κ1) is 29.0. The van der Waals surface area contributed by atoms with E-state index >= 15 is 0 Å². The van der Waals surface area contributed by atoms with Gasteiger partial charge in [-0.3, -0.25) is 4.79 Å². The molecule has 0 heterocycles. The Morgan fingerprint density at radius 1 is 0.919 bits per heavy atom. The fourth-order valence-corrected chi connectivity index (χ4v) is 5.64. The van der Waals surface area contributed by atoms with Crippen molar-refractivity contribution in [3.05, 3.63) is 64.7 Å². The Balaban J connectivity index is 1.49. The molecule has 1 aliphatic rings. The largest absolute Gasteiger partial charge is 0.425 e. The normalized spacial score (nSPS) is 18.2. The van der Waals surface area contributed by atoms with Crippen LogP contribution < -0.4 is 4.74 Å². The highest BCUT2D eigenvalue weighted by atomic mass is 16.5. The monoisotopic (exact) mass is 501 g/mol. The zero-order valence-corrected chi connectivity index (χ0v) is 23.4. The molecule has 1 saturated carbocycles.